The van der Waals surface area contributed by atoms with Crippen molar-refractivity contribution in [2.75, 3.05) is 0 Å². The summed E-state index contributed by atoms with van der Waals surface area (Å²) in [4.78, 5) is 11.4. The Bertz CT molecular complexity index is 637. The van der Waals surface area contributed by atoms with Crippen LogP contribution in [0.15, 0.2) is 48.5 Å². The smallest absolute Gasteiger partial charge is 0.290 e. The van der Waals surface area contributed by atoms with Crippen LogP contribution >= 0.6 is 0 Å². The lowest BCUT2D eigenvalue weighted by atomic mass is 10.0. The molecule has 0 fully saturated rings. The molecule has 3 nitrogen and oxygen atoms in total. The molecule has 0 saturated heterocycles. The lowest BCUT2D eigenvalue weighted by Gasteiger charge is -2.08. The molecule has 2 aromatic carbocycles. The fraction of sp³-hybridized carbons (Fsp3) is 0.0714. The number of halogens is 3. The molecule has 104 valence electrons. The highest BCUT2D eigenvalue weighted by Gasteiger charge is 2.29. The number of carbonyl (C=O) groups is 1. The van der Waals surface area contributed by atoms with E-state index in [4.69, 9.17) is 7.25 Å². The summed E-state index contributed by atoms with van der Waals surface area (Å²) in [6.07, 6.45) is -4.37. The predicted molar refractivity (Wildman–Crippen MR) is 68.5 cm³/mol. The number of rotatable bonds is 2. The first-order valence-corrected chi connectivity index (χ1v) is 5.65. The van der Waals surface area contributed by atoms with Gasteiger partial charge in [0, 0.05) is 5.56 Å². The molecule has 2 rings (SSSR count). The van der Waals surface area contributed by atoms with Gasteiger partial charge in [-0.15, -0.1) is 0 Å². The largest absolute Gasteiger partial charge is 0.416 e. The van der Waals surface area contributed by atoms with Gasteiger partial charge in [0.1, 0.15) is 0 Å². The molecule has 0 radical (unpaired) electrons. The molecular weight excluding hydrogens is 269 g/mol. The van der Waals surface area contributed by atoms with Gasteiger partial charge in [-0.3, -0.25) is 10.2 Å². The van der Waals surface area contributed by atoms with Crippen LogP contribution in [-0.2, 0) is 6.18 Å². The summed E-state index contributed by atoms with van der Waals surface area (Å²) in [5, 5.41) is 0. The summed E-state index contributed by atoms with van der Waals surface area (Å²) >= 11 is 0. The van der Waals surface area contributed by atoms with E-state index in [-0.39, 0.29) is 11.0 Å². The van der Waals surface area contributed by atoms with Gasteiger partial charge in [-0.1, -0.05) is 24.3 Å². The van der Waals surface area contributed by atoms with Crippen molar-refractivity contribution < 1.29 is 19.4 Å². The monoisotopic (exact) mass is 281 g/mol. The van der Waals surface area contributed by atoms with E-state index in [1.807, 2.05) is 0 Å². The van der Waals surface area contributed by atoms with Crippen molar-refractivity contribution in [3.63, 3.8) is 0 Å². The molecule has 0 aliphatic heterocycles. The summed E-state index contributed by atoms with van der Waals surface area (Å²) in [6.45, 7) is 0. The van der Waals surface area contributed by atoms with Crippen molar-refractivity contribution in [3.05, 3.63) is 59.7 Å². The minimum Gasteiger partial charge on any atom is -0.290 e. The van der Waals surface area contributed by atoms with Crippen molar-refractivity contribution in [2.24, 2.45) is 5.84 Å². The second-order valence-electron chi connectivity index (χ2n) is 4.09. The molecule has 0 heterocycles. The van der Waals surface area contributed by atoms with Crippen LogP contribution in [0.2, 0.25) is 1.41 Å². The van der Waals surface area contributed by atoms with Crippen LogP contribution in [0.5, 0.6) is 0 Å². The highest BCUT2D eigenvalue weighted by Crippen LogP contribution is 2.30. The van der Waals surface area contributed by atoms with Crippen molar-refractivity contribution in [3.8, 4) is 11.1 Å². The topological polar surface area (TPSA) is 55.1 Å². The standard InChI is InChI=1S/C14H11F3N2O/c15-14(16,17)12-7-5-10(6-8-12)9-1-3-11(4-2-9)13(20)19-18/h1-8H,18H2,(H,19,20)/i/hD. The highest BCUT2D eigenvalue weighted by atomic mass is 19.4. The van der Waals surface area contributed by atoms with E-state index in [2.05, 4.69) is 0 Å². The number of nitrogen functional groups attached to an aromatic ring is 1. The average Bonchev–Trinajstić information content (AvgIpc) is 2.46. The van der Waals surface area contributed by atoms with Crippen LogP contribution in [0.4, 0.5) is 13.2 Å². The molecule has 0 bridgehead atoms. The van der Waals surface area contributed by atoms with Gasteiger partial charge >= 0.3 is 6.18 Å². The first-order chi connectivity index (χ1) is 9.79. The minimum absolute atomic E-state index is 0.215. The number of nitrogens with two attached hydrogens (primary N) is 1. The highest BCUT2D eigenvalue weighted by molar-refractivity contribution is 5.94. The Kier molecular flexibility index (Phi) is 3.39. The van der Waals surface area contributed by atoms with E-state index in [0.717, 1.165) is 12.1 Å². The minimum atomic E-state index is -4.37. The molecule has 2 aromatic rings. The lowest BCUT2D eigenvalue weighted by Crippen LogP contribution is -2.29. The second kappa shape index (κ2) is 5.34. The molecule has 0 aliphatic rings. The summed E-state index contributed by atoms with van der Waals surface area (Å²) in [5.41, 5.74) is 0.980. The number of hydrogen-bond acceptors (Lipinski definition) is 2. The summed E-state index contributed by atoms with van der Waals surface area (Å²) < 4.78 is 44.4. The molecule has 3 N–H and O–H groups in total. The van der Waals surface area contributed by atoms with Gasteiger partial charge in [-0.25, -0.2) is 5.84 Å². The van der Waals surface area contributed by atoms with Crippen LogP contribution in [0, 0.1) is 0 Å². The van der Waals surface area contributed by atoms with Gasteiger partial charge in [0.25, 0.3) is 5.91 Å². The maximum atomic E-state index is 12.5. The molecule has 0 spiro atoms. The number of alkyl halides is 3. The Morgan fingerprint density at radius 2 is 1.45 bits per heavy atom. The molecule has 0 saturated carbocycles. The molecule has 0 aliphatic carbocycles. The zero-order valence-electron chi connectivity index (χ0n) is 11.2. The number of nitrogens with one attached hydrogen (secondary N) is 1. The molecule has 0 unspecified atom stereocenters. The molecule has 1 amide bonds. The normalized spacial score (nSPS) is 11.9. The molecule has 20 heavy (non-hydrogen) atoms. The molecule has 6 heteroatoms. The lowest BCUT2D eigenvalue weighted by molar-refractivity contribution is -0.137. The SMILES string of the molecule is [2H]N(N)C(=O)c1ccc(-c2ccc(C(F)(F)F)cc2)cc1. The van der Waals surface area contributed by atoms with Gasteiger partial charge in [-0.2, -0.15) is 13.2 Å². The van der Waals surface area contributed by atoms with E-state index in [9.17, 15) is 18.0 Å². The van der Waals surface area contributed by atoms with Gasteiger partial charge in [0.15, 0.2) is 1.41 Å². The van der Waals surface area contributed by atoms with E-state index in [0.29, 0.717) is 11.1 Å². The quantitative estimate of drug-likeness (QED) is 0.505. The zero-order valence-corrected chi connectivity index (χ0v) is 10.2. The third kappa shape index (κ3) is 2.97. The Balaban J connectivity index is 2.25. The van der Waals surface area contributed by atoms with Crippen LogP contribution in [-0.4, -0.2) is 5.91 Å². The van der Waals surface area contributed by atoms with Crippen molar-refractivity contribution in [1.29, 1.82) is 0 Å². The van der Waals surface area contributed by atoms with Gasteiger partial charge in [0.05, 0.1) is 5.56 Å². The Labute approximate surface area is 114 Å². The average molecular weight is 281 g/mol. The van der Waals surface area contributed by atoms with Crippen LogP contribution in [0.1, 0.15) is 15.9 Å². The fourth-order valence-electron chi connectivity index (χ4n) is 1.73. The van der Waals surface area contributed by atoms with Crippen LogP contribution in [0.3, 0.4) is 0 Å². The Morgan fingerprint density at radius 1 is 1.00 bits per heavy atom. The van der Waals surface area contributed by atoms with Gasteiger partial charge in [0.2, 0.25) is 0 Å². The molecular formula is C14H11F3N2O. The van der Waals surface area contributed by atoms with Gasteiger partial charge < -0.3 is 0 Å². The number of carbonyl (C=O) groups excluding carboxylic acids is 1. The second-order valence-corrected chi connectivity index (χ2v) is 4.09. The number of hydrazine groups is 1. The first-order valence-electron chi connectivity index (χ1n) is 6.09. The maximum Gasteiger partial charge on any atom is 0.416 e. The summed E-state index contributed by atoms with van der Waals surface area (Å²) in [7, 11) is 0. The van der Waals surface area contributed by atoms with Crippen molar-refractivity contribution in [1.82, 2.24) is 5.42 Å². The van der Waals surface area contributed by atoms with Crippen LogP contribution in [0.25, 0.3) is 11.1 Å². The Hall–Kier alpha value is -2.34. The van der Waals surface area contributed by atoms with Crippen molar-refractivity contribution in [2.45, 2.75) is 6.18 Å². The Morgan fingerprint density at radius 3 is 1.85 bits per heavy atom. The third-order valence-corrected chi connectivity index (χ3v) is 2.79. The van der Waals surface area contributed by atoms with Crippen LogP contribution < -0.4 is 11.3 Å². The fourth-order valence-corrected chi connectivity index (χ4v) is 1.73. The van der Waals surface area contributed by atoms with Crippen molar-refractivity contribution >= 4 is 5.91 Å². The predicted octanol–water partition coefficient (Wildman–Crippen LogP) is 2.98. The van der Waals surface area contributed by atoms with E-state index in [1.54, 1.807) is 12.1 Å². The maximum absolute atomic E-state index is 12.5. The van der Waals surface area contributed by atoms with Gasteiger partial charge in [-0.05, 0) is 35.4 Å². The number of amides is 1. The van der Waals surface area contributed by atoms with E-state index in [1.165, 1.54) is 24.3 Å². The third-order valence-electron chi connectivity index (χ3n) is 2.79. The summed E-state index contributed by atoms with van der Waals surface area (Å²) in [5.74, 6) is 4.35. The van der Waals surface area contributed by atoms with E-state index >= 15 is 0 Å². The summed E-state index contributed by atoms with van der Waals surface area (Å²) in [6, 6.07) is 10.8. The molecule has 0 atom stereocenters. The first kappa shape index (κ1) is 12.7. The number of hydrogen-bond donors (Lipinski definition) is 2. The molecule has 0 aromatic heterocycles. The van der Waals surface area contributed by atoms with E-state index < -0.39 is 17.6 Å². The number of benzene rings is 2. The zero-order chi connectivity index (χ0) is 15.6.